The summed E-state index contributed by atoms with van der Waals surface area (Å²) in [4.78, 5) is 18.8. The number of aryl methyl sites for hydroxylation is 1. The summed E-state index contributed by atoms with van der Waals surface area (Å²) in [6.45, 7) is 3.87. The number of nitrogens with zero attached hydrogens (tertiary/aromatic N) is 3. The molecule has 2 heterocycles. The third-order valence-corrected chi connectivity index (χ3v) is 4.55. The quantitative estimate of drug-likeness (QED) is 0.827. The molecule has 3 rings (SSSR count). The van der Waals surface area contributed by atoms with E-state index in [0.717, 1.165) is 63.3 Å². The Morgan fingerprint density at radius 2 is 2.25 bits per heavy atom. The summed E-state index contributed by atoms with van der Waals surface area (Å²) in [5.41, 5.74) is 0. The van der Waals surface area contributed by atoms with Crippen LogP contribution in [0.25, 0.3) is 0 Å². The van der Waals surface area contributed by atoms with Gasteiger partial charge in [-0.05, 0) is 38.6 Å². The zero-order valence-corrected chi connectivity index (χ0v) is 12.2. The average molecular weight is 277 g/mol. The van der Waals surface area contributed by atoms with Gasteiger partial charge in [0.05, 0.1) is 6.54 Å². The van der Waals surface area contributed by atoms with Gasteiger partial charge in [-0.2, -0.15) is 4.98 Å². The second-order valence-corrected chi connectivity index (χ2v) is 6.00. The van der Waals surface area contributed by atoms with Crippen molar-refractivity contribution in [2.24, 2.45) is 5.92 Å². The van der Waals surface area contributed by atoms with Crippen LogP contribution in [0.1, 0.15) is 57.2 Å². The van der Waals surface area contributed by atoms with Crippen LogP contribution in [-0.4, -0.2) is 33.4 Å². The fourth-order valence-corrected chi connectivity index (χ4v) is 3.60. The smallest absolute Gasteiger partial charge is 0.226 e. The molecular formula is C15H23N3O2. The number of hydrogen-bond donors (Lipinski definition) is 0. The van der Waals surface area contributed by atoms with Gasteiger partial charge in [0.1, 0.15) is 5.78 Å². The molecule has 0 bridgehead atoms. The zero-order chi connectivity index (χ0) is 13.9. The van der Waals surface area contributed by atoms with Gasteiger partial charge >= 0.3 is 0 Å². The summed E-state index contributed by atoms with van der Waals surface area (Å²) in [6.07, 6.45) is 7.08. The maximum Gasteiger partial charge on any atom is 0.226 e. The predicted octanol–water partition coefficient (Wildman–Crippen LogP) is 2.36. The monoisotopic (exact) mass is 277 g/mol. The summed E-state index contributed by atoms with van der Waals surface area (Å²) in [6, 6.07) is 0.401. The van der Waals surface area contributed by atoms with Gasteiger partial charge in [-0.1, -0.05) is 12.1 Å². The van der Waals surface area contributed by atoms with E-state index in [1.54, 1.807) is 0 Å². The van der Waals surface area contributed by atoms with E-state index in [0.29, 0.717) is 11.8 Å². The molecule has 0 radical (unpaired) electrons. The molecule has 5 heteroatoms. The molecule has 0 N–H and O–H groups in total. The minimum Gasteiger partial charge on any atom is -0.339 e. The van der Waals surface area contributed by atoms with Crippen LogP contribution in [0.4, 0.5) is 0 Å². The minimum absolute atomic E-state index is 0.250. The van der Waals surface area contributed by atoms with Crippen LogP contribution in [0.2, 0.25) is 0 Å². The van der Waals surface area contributed by atoms with Crippen molar-refractivity contribution in [2.75, 3.05) is 6.54 Å². The Morgan fingerprint density at radius 3 is 3.00 bits per heavy atom. The molecule has 110 valence electrons. The molecule has 1 saturated heterocycles. The molecular weight excluding hydrogens is 254 g/mol. The van der Waals surface area contributed by atoms with Crippen LogP contribution in [0.3, 0.4) is 0 Å². The normalized spacial score (nSPS) is 27.6. The molecule has 2 fully saturated rings. The maximum absolute atomic E-state index is 12.0. The van der Waals surface area contributed by atoms with E-state index in [1.165, 1.54) is 6.42 Å². The number of ketones is 1. The number of aromatic nitrogens is 2. The second-order valence-electron chi connectivity index (χ2n) is 6.00. The van der Waals surface area contributed by atoms with Gasteiger partial charge in [0.2, 0.25) is 5.89 Å². The minimum atomic E-state index is 0.250. The fraction of sp³-hybridized carbons (Fsp3) is 0.800. The number of carbonyl (C=O) groups is 1. The SMILES string of the molecule is CCCc1nc(CN2CCCC2C2CCCC2=O)no1. The van der Waals surface area contributed by atoms with Gasteiger partial charge < -0.3 is 4.52 Å². The van der Waals surface area contributed by atoms with Crippen LogP contribution in [0.5, 0.6) is 0 Å². The highest BCUT2D eigenvalue weighted by atomic mass is 16.5. The highest BCUT2D eigenvalue weighted by Crippen LogP contribution is 2.33. The molecule has 1 aliphatic heterocycles. The van der Waals surface area contributed by atoms with Crippen molar-refractivity contribution >= 4 is 5.78 Å². The number of hydrogen-bond acceptors (Lipinski definition) is 5. The topological polar surface area (TPSA) is 59.2 Å². The van der Waals surface area contributed by atoms with Gasteiger partial charge in [-0.25, -0.2) is 0 Å². The Bertz CT molecular complexity index is 471. The van der Waals surface area contributed by atoms with E-state index in [9.17, 15) is 4.79 Å². The molecule has 2 aliphatic rings. The highest BCUT2D eigenvalue weighted by Gasteiger charge is 2.38. The number of Topliss-reactive ketones (excluding diaryl/α,β-unsaturated/α-hetero) is 1. The van der Waals surface area contributed by atoms with E-state index >= 15 is 0 Å². The predicted molar refractivity (Wildman–Crippen MR) is 74.1 cm³/mol. The molecule has 2 atom stereocenters. The van der Waals surface area contributed by atoms with Gasteiger partial charge in [-0.3, -0.25) is 9.69 Å². The Hall–Kier alpha value is -1.23. The molecule has 0 aromatic carbocycles. The summed E-state index contributed by atoms with van der Waals surface area (Å²) in [5, 5.41) is 4.07. The van der Waals surface area contributed by atoms with Gasteiger partial charge in [-0.15, -0.1) is 0 Å². The van der Waals surface area contributed by atoms with Crippen LogP contribution < -0.4 is 0 Å². The van der Waals surface area contributed by atoms with Gasteiger partial charge in [0.25, 0.3) is 0 Å². The van der Waals surface area contributed by atoms with Crippen molar-refractivity contribution in [1.29, 1.82) is 0 Å². The maximum atomic E-state index is 12.0. The third kappa shape index (κ3) is 2.77. The average Bonchev–Trinajstić information content (AvgIpc) is 3.13. The lowest BCUT2D eigenvalue weighted by atomic mass is 9.95. The van der Waals surface area contributed by atoms with Crippen LogP contribution >= 0.6 is 0 Å². The largest absolute Gasteiger partial charge is 0.339 e. The van der Waals surface area contributed by atoms with Crippen LogP contribution in [-0.2, 0) is 17.8 Å². The van der Waals surface area contributed by atoms with Crippen molar-refractivity contribution in [3.63, 3.8) is 0 Å². The molecule has 1 aliphatic carbocycles. The Kier molecular flexibility index (Phi) is 4.15. The molecule has 1 aromatic rings. The van der Waals surface area contributed by atoms with E-state index in [1.807, 2.05) is 0 Å². The molecule has 20 heavy (non-hydrogen) atoms. The molecule has 1 saturated carbocycles. The van der Waals surface area contributed by atoms with Crippen molar-refractivity contribution in [2.45, 2.75) is 64.5 Å². The first-order chi connectivity index (χ1) is 9.78. The van der Waals surface area contributed by atoms with E-state index in [4.69, 9.17) is 4.52 Å². The Morgan fingerprint density at radius 1 is 1.35 bits per heavy atom. The third-order valence-electron chi connectivity index (χ3n) is 4.55. The summed E-state index contributed by atoms with van der Waals surface area (Å²) < 4.78 is 5.24. The fourth-order valence-electron chi connectivity index (χ4n) is 3.60. The van der Waals surface area contributed by atoms with E-state index < -0.39 is 0 Å². The standard InChI is InChI=1S/C15H23N3O2/c1-2-5-15-16-14(17-20-15)10-18-9-4-7-12(18)11-6-3-8-13(11)19/h11-12H,2-10H2,1H3. The highest BCUT2D eigenvalue weighted by molar-refractivity contribution is 5.83. The van der Waals surface area contributed by atoms with Crippen molar-refractivity contribution in [3.8, 4) is 0 Å². The Balaban J connectivity index is 1.64. The Labute approximate surface area is 119 Å². The molecule has 2 unspecified atom stereocenters. The first-order valence-corrected chi connectivity index (χ1v) is 7.86. The molecule has 0 spiro atoms. The lowest BCUT2D eigenvalue weighted by Crippen LogP contribution is -2.37. The van der Waals surface area contributed by atoms with Gasteiger partial charge in [0, 0.05) is 24.8 Å². The zero-order valence-electron chi connectivity index (χ0n) is 12.2. The van der Waals surface area contributed by atoms with E-state index in [-0.39, 0.29) is 5.92 Å². The molecule has 0 amide bonds. The molecule has 1 aromatic heterocycles. The first-order valence-electron chi connectivity index (χ1n) is 7.86. The first kappa shape index (κ1) is 13.7. The van der Waals surface area contributed by atoms with E-state index in [2.05, 4.69) is 22.0 Å². The van der Waals surface area contributed by atoms with Crippen LogP contribution in [0.15, 0.2) is 4.52 Å². The van der Waals surface area contributed by atoms with Crippen molar-refractivity contribution < 1.29 is 9.32 Å². The lowest BCUT2D eigenvalue weighted by molar-refractivity contribution is -0.122. The van der Waals surface area contributed by atoms with Crippen molar-refractivity contribution in [3.05, 3.63) is 11.7 Å². The summed E-state index contributed by atoms with van der Waals surface area (Å²) in [7, 11) is 0. The number of likely N-dealkylation sites (tertiary alicyclic amines) is 1. The van der Waals surface area contributed by atoms with Gasteiger partial charge in [0.15, 0.2) is 5.82 Å². The second kappa shape index (κ2) is 6.04. The number of carbonyl (C=O) groups excluding carboxylic acids is 1. The summed E-state index contributed by atoms with van der Waals surface area (Å²) >= 11 is 0. The van der Waals surface area contributed by atoms with Crippen molar-refractivity contribution in [1.82, 2.24) is 15.0 Å². The summed E-state index contributed by atoms with van der Waals surface area (Å²) in [5.74, 6) is 2.21. The lowest BCUT2D eigenvalue weighted by Gasteiger charge is -2.27. The molecule has 5 nitrogen and oxygen atoms in total. The number of rotatable bonds is 5. The van der Waals surface area contributed by atoms with Crippen LogP contribution in [0, 0.1) is 5.92 Å².